The van der Waals surface area contributed by atoms with Gasteiger partial charge in [-0.25, -0.2) is 0 Å². The highest BCUT2D eigenvalue weighted by atomic mass is 32.1. The Morgan fingerprint density at radius 1 is 1.35 bits per heavy atom. The molecule has 3 nitrogen and oxygen atoms in total. The Bertz CT molecular complexity index is 510. The molecule has 20 heavy (non-hydrogen) atoms. The van der Waals surface area contributed by atoms with Gasteiger partial charge in [-0.05, 0) is 37.2 Å². The first-order valence-corrected chi connectivity index (χ1v) is 7.87. The SMILES string of the molecule is CCNCc1cc(COCCc2ccccn2)c(C)s1. The van der Waals surface area contributed by atoms with Crippen LogP contribution in [0, 0.1) is 6.92 Å². The second kappa shape index (κ2) is 8.15. The molecule has 2 aromatic rings. The topological polar surface area (TPSA) is 34.1 Å². The summed E-state index contributed by atoms with van der Waals surface area (Å²) in [4.78, 5) is 7.03. The Kier molecular flexibility index (Phi) is 6.18. The van der Waals surface area contributed by atoms with Crippen LogP contribution in [-0.4, -0.2) is 18.1 Å². The maximum absolute atomic E-state index is 5.77. The fourth-order valence-corrected chi connectivity index (χ4v) is 2.99. The first-order valence-electron chi connectivity index (χ1n) is 7.06. The molecule has 0 aliphatic carbocycles. The molecule has 0 atom stereocenters. The van der Waals surface area contributed by atoms with Gasteiger partial charge >= 0.3 is 0 Å². The number of aryl methyl sites for hydroxylation is 1. The lowest BCUT2D eigenvalue weighted by atomic mass is 10.2. The third kappa shape index (κ3) is 4.71. The lowest BCUT2D eigenvalue weighted by Gasteiger charge is -2.03. The van der Waals surface area contributed by atoms with Crippen LogP contribution in [0.25, 0.3) is 0 Å². The van der Waals surface area contributed by atoms with E-state index in [1.165, 1.54) is 15.3 Å². The maximum Gasteiger partial charge on any atom is 0.0727 e. The number of ether oxygens (including phenoxy) is 1. The van der Waals surface area contributed by atoms with Crippen LogP contribution in [0.15, 0.2) is 30.5 Å². The van der Waals surface area contributed by atoms with Crippen LogP contribution in [0.2, 0.25) is 0 Å². The Balaban J connectivity index is 1.75. The Hall–Kier alpha value is -1.23. The van der Waals surface area contributed by atoms with Gasteiger partial charge in [0.15, 0.2) is 0 Å². The van der Waals surface area contributed by atoms with E-state index >= 15 is 0 Å². The predicted molar refractivity (Wildman–Crippen MR) is 84.0 cm³/mol. The number of nitrogens with one attached hydrogen (secondary N) is 1. The summed E-state index contributed by atoms with van der Waals surface area (Å²) in [6.07, 6.45) is 2.69. The molecule has 2 heterocycles. The number of nitrogens with zero attached hydrogens (tertiary/aromatic N) is 1. The molecule has 0 spiro atoms. The zero-order valence-electron chi connectivity index (χ0n) is 12.2. The zero-order chi connectivity index (χ0) is 14.2. The van der Waals surface area contributed by atoms with Gasteiger partial charge in [-0.2, -0.15) is 0 Å². The summed E-state index contributed by atoms with van der Waals surface area (Å²) < 4.78 is 5.77. The second-order valence-corrected chi connectivity index (χ2v) is 6.04. The molecule has 0 aromatic carbocycles. The van der Waals surface area contributed by atoms with E-state index in [0.29, 0.717) is 6.61 Å². The van der Waals surface area contributed by atoms with Crippen molar-refractivity contribution < 1.29 is 4.74 Å². The molecule has 2 aromatic heterocycles. The van der Waals surface area contributed by atoms with Crippen molar-refractivity contribution in [1.29, 1.82) is 0 Å². The van der Waals surface area contributed by atoms with E-state index in [4.69, 9.17) is 4.74 Å². The van der Waals surface area contributed by atoms with Crippen LogP contribution in [0.1, 0.15) is 27.9 Å². The highest BCUT2D eigenvalue weighted by Gasteiger charge is 2.05. The standard InChI is InChI=1S/C16H22N2OS/c1-3-17-11-16-10-14(13(2)20-16)12-19-9-7-15-6-4-5-8-18-15/h4-6,8,10,17H,3,7,9,11-12H2,1-2H3. The van der Waals surface area contributed by atoms with Gasteiger partial charge in [0, 0.05) is 34.6 Å². The third-order valence-corrected chi connectivity index (χ3v) is 4.20. The minimum Gasteiger partial charge on any atom is -0.376 e. The van der Waals surface area contributed by atoms with Gasteiger partial charge in [-0.1, -0.05) is 13.0 Å². The molecule has 0 saturated carbocycles. The van der Waals surface area contributed by atoms with Crippen LogP contribution >= 0.6 is 11.3 Å². The Morgan fingerprint density at radius 3 is 3.00 bits per heavy atom. The lowest BCUT2D eigenvalue weighted by molar-refractivity contribution is 0.123. The van der Waals surface area contributed by atoms with Crippen molar-refractivity contribution in [2.75, 3.05) is 13.2 Å². The highest BCUT2D eigenvalue weighted by Crippen LogP contribution is 2.22. The average molecular weight is 290 g/mol. The molecule has 0 aliphatic rings. The molecule has 4 heteroatoms. The Morgan fingerprint density at radius 2 is 2.25 bits per heavy atom. The van der Waals surface area contributed by atoms with Crippen LogP contribution in [0.4, 0.5) is 0 Å². The zero-order valence-corrected chi connectivity index (χ0v) is 13.0. The van der Waals surface area contributed by atoms with Crippen molar-refractivity contribution in [3.05, 3.63) is 51.5 Å². The largest absolute Gasteiger partial charge is 0.376 e. The number of hydrogen-bond donors (Lipinski definition) is 1. The van der Waals surface area contributed by atoms with Crippen molar-refractivity contribution in [1.82, 2.24) is 10.3 Å². The van der Waals surface area contributed by atoms with Crippen molar-refractivity contribution >= 4 is 11.3 Å². The molecule has 0 saturated heterocycles. The number of thiophene rings is 1. The summed E-state index contributed by atoms with van der Waals surface area (Å²) in [7, 11) is 0. The number of pyridine rings is 1. The van der Waals surface area contributed by atoms with Gasteiger partial charge in [0.05, 0.1) is 13.2 Å². The first-order chi connectivity index (χ1) is 9.79. The third-order valence-electron chi connectivity index (χ3n) is 3.11. The molecule has 108 valence electrons. The molecule has 0 radical (unpaired) electrons. The fourth-order valence-electron chi connectivity index (χ4n) is 1.97. The normalized spacial score (nSPS) is 10.9. The molecular formula is C16H22N2OS. The molecule has 1 N–H and O–H groups in total. The molecular weight excluding hydrogens is 268 g/mol. The van der Waals surface area contributed by atoms with Gasteiger partial charge in [0.2, 0.25) is 0 Å². The summed E-state index contributed by atoms with van der Waals surface area (Å²) in [6, 6.07) is 8.24. The van der Waals surface area contributed by atoms with E-state index in [2.05, 4.69) is 30.2 Å². The summed E-state index contributed by atoms with van der Waals surface area (Å²) in [5.41, 5.74) is 2.39. The quantitative estimate of drug-likeness (QED) is 0.757. The molecule has 0 amide bonds. The highest BCUT2D eigenvalue weighted by molar-refractivity contribution is 7.12. The number of aromatic nitrogens is 1. The molecule has 0 unspecified atom stereocenters. The van der Waals surface area contributed by atoms with Gasteiger partial charge in [0.1, 0.15) is 0 Å². The van der Waals surface area contributed by atoms with Gasteiger partial charge in [0.25, 0.3) is 0 Å². The minimum atomic E-state index is 0.696. The Labute approximate surface area is 125 Å². The van der Waals surface area contributed by atoms with E-state index in [0.717, 1.165) is 31.8 Å². The van der Waals surface area contributed by atoms with Gasteiger partial charge in [-0.15, -0.1) is 11.3 Å². The van der Waals surface area contributed by atoms with E-state index in [1.807, 2.05) is 35.7 Å². The van der Waals surface area contributed by atoms with Crippen molar-refractivity contribution in [2.45, 2.75) is 33.4 Å². The summed E-state index contributed by atoms with van der Waals surface area (Å²) in [5.74, 6) is 0. The summed E-state index contributed by atoms with van der Waals surface area (Å²) in [6.45, 7) is 7.67. The van der Waals surface area contributed by atoms with E-state index < -0.39 is 0 Å². The number of rotatable bonds is 8. The molecule has 0 aliphatic heterocycles. The van der Waals surface area contributed by atoms with Crippen LogP contribution in [0.3, 0.4) is 0 Å². The second-order valence-electron chi connectivity index (χ2n) is 4.70. The first kappa shape index (κ1) is 15.2. The van der Waals surface area contributed by atoms with Crippen LogP contribution < -0.4 is 5.32 Å². The summed E-state index contributed by atoms with van der Waals surface area (Å²) in [5, 5.41) is 3.36. The number of hydrogen-bond acceptors (Lipinski definition) is 4. The van der Waals surface area contributed by atoms with Crippen molar-refractivity contribution in [3.8, 4) is 0 Å². The lowest BCUT2D eigenvalue weighted by Crippen LogP contribution is -2.10. The van der Waals surface area contributed by atoms with Gasteiger partial charge < -0.3 is 10.1 Å². The van der Waals surface area contributed by atoms with Crippen LogP contribution in [0.5, 0.6) is 0 Å². The monoisotopic (exact) mass is 290 g/mol. The predicted octanol–water partition coefficient (Wildman–Crippen LogP) is 3.32. The fraction of sp³-hybridized carbons (Fsp3) is 0.438. The van der Waals surface area contributed by atoms with Crippen molar-refractivity contribution in [3.63, 3.8) is 0 Å². The molecule has 0 bridgehead atoms. The van der Waals surface area contributed by atoms with E-state index in [1.54, 1.807) is 0 Å². The van der Waals surface area contributed by atoms with Crippen molar-refractivity contribution in [2.24, 2.45) is 0 Å². The minimum absolute atomic E-state index is 0.696. The smallest absolute Gasteiger partial charge is 0.0727 e. The average Bonchev–Trinajstić information content (AvgIpc) is 2.83. The summed E-state index contributed by atoms with van der Waals surface area (Å²) >= 11 is 1.85. The van der Waals surface area contributed by atoms with Crippen LogP contribution in [-0.2, 0) is 24.3 Å². The molecule has 0 fully saturated rings. The van der Waals surface area contributed by atoms with E-state index in [9.17, 15) is 0 Å². The van der Waals surface area contributed by atoms with Gasteiger partial charge in [-0.3, -0.25) is 4.98 Å². The molecule has 2 rings (SSSR count). The van der Waals surface area contributed by atoms with E-state index in [-0.39, 0.29) is 0 Å². The maximum atomic E-state index is 5.77.